The largest absolute Gasteiger partial charge is 0.332 e. The number of nitrogens with one attached hydrogen (secondary N) is 2. The first-order valence-electron chi connectivity index (χ1n) is 6.48. The van der Waals surface area contributed by atoms with Gasteiger partial charge < -0.3 is 9.88 Å². The van der Waals surface area contributed by atoms with Gasteiger partial charge in [-0.15, -0.1) is 0 Å². The smallest absolute Gasteiger partial charge is 0.257 e. The topological polar surface area (TPSA) is 78.1 Å². The molecule has 7 heteroatoms. The van der Waals surface area contributed by atoms with Crippen molar-refractivity contribution >= 4 is 10.0 Å². The van der Waals surface area contributed by atoms with Crippen LogP contribution in [0.25, 0.3) is 0 Å². The zero-order valence-electron chi connectivity index (χ0n) is 12.3. The number of sulfonamides is 1. The lowest BCUT2D eigenvalue weighted by Gasteiger charge is -2.27. The normalized spacial score (nSPS) is 14.3. The molecule has 0 fully saturated rings. The highest BCUT2D eigenvalue weighted by molar-refractivity contribution is 7.89. The summed E-state index contributed by atoms with van der Waals surface area (Å²) >= 11 is 0. The first-order valence-corrected chi connectivity index (χ1v) is 7.96. The molecule has 0 spiro atoms. The van der Waals surface area contributed by atoms with Crippen LogP contribution in [0.3, 0.4) is 0 Å². The van der Waals surface area contributed by atoms with E-state index in [2.05, 4.69) is 28.5 Å². The summed E-state index contributed by atoms with van der Waals surface area (Å²) in [4.78, 5) is 8.85. The third-order valence-corrected chi connectivity index (χ3v) is 4.48. The maximum Gasteiger partial charge on any atom is 0.257 e. The number of aromatic nitrogens is 2. The van der Waals surface area contributed by atoms with Crippen LogP contribution in [0.4, 0.5) is 0 Å². The van der Waals surface area contributed by atoms with E-state index in [0.29, 0.717) is 24.7 Å². The molecule has 1 heterocycles. The number of nitrogens with zero attached hydrogens (tertiary/aromatic N) is 2. The van der Waals surface area contributed by atoms with Gasteiger partial charge in [-0.2, -0.15) is 0 Å². The number of hydrogen-bond acceptors (Lipinski definition) is 4. The molecule has 110 valence electrons. The van der Waals surface area contributed by atoms with Crippen LogP contribution >= 0.6 is 0 Å². The molecule has 0 radical (unpaired) electrons. The van der Waals surface area contributed by atoms with Gasteiger partial charge in [0.2, 0.25) is 0 Å². The standard InChI is InChI=1S/C12H24N4O2S/c1-6-11-13-8-12(15-11)19(17,18)14-7-10(9(2)3)16(4)5/h8-10,14H,6-7H2,1-5H3,(H,13,15). The summed E-state index contributed by atoms with van der Waals surface area (Å²) in [5.74, 6) is 1.04. The van der Waals surface area contributed by atoms with Gasteiger partial charge in [0.1, 0.15) is 5.82 Å². The van der Waals surface area contributed by atoms with Crippen molar-refractivity contribution in [1.29, 1.82) is 0 Å². The first-order chi connectivity index (χ1) is 8.77. The monoisotopic (exact) mass is 288 g/mol. The molecule has 0 bridgehead atoms. The summed E-state index contributed by atoms with van der Waals surface area (Å²) in [6.07, 6.45) is 2.04. The number of aryl methyl sites for hydroxylation is 1. The predicted molar refractivity (Wildman–Crippen MR) is 75.5 cm³/mol. The van der Waals surface area contributed by atoms with Crippen molar-refractivity contribution < 1.29 is 8.42 Å². The molecular formula is C12H24N4O2S. The maximum atomic E-state index is 12.1. The number of hydrogen-bond donors (Lipinski definition) is 2. The first kappa shape index (κ1) is 16.1. The van der Waals surface area contributed by atoms with E-state index >= 15 is 0 Å². The second-order valence-corrected chi connectivity index (χ2v) is 6.91. The number of aromatic amines is 1. The fourth-order valence-corrected chi connectivity index (χ4v) is 2.94. The maximum absolute atomic E-state index is 12.1. The number of likely N-dealkylation sites (N-methyl/N-ethyl adjacent to an activating group) is 1. The van der Waals surface area contributed by atoms with E-state index in [-0.39, 0.29) is 11.1 Å². The summed E-state index contributed by atoms with van der Waals surface area (Å²) in [6.45, 7) is 6.45. The Morgan fingerprint density at radius 1 is 1.42 bits per heavy atom. The highest BCUT2D eigenvalue weighted by atomic mass is 32.2. The van der Waals surface area contributed by atoms with Gasteiger partial charge in [-0.3, -0.25) is 0 Å². The lowest BCUT2D eigenvalue weighted by Crippen LogP contribution is -2.43. The third-order valence-electron chi connectivity index (χ3n) is 3.14. The van der Waals surface area contributed by atoms with Gasteiger partial charge in [-0.05, 0) is 20.0 Å². The number of imidazole rings is 1. The highest BCUT2D eigenvalue weighted by Crippen LogP contribution is 2.09. The molecule has 0 amide bonds. The quantitative estimate of drug-likeness (QED) is 0.779. The Labute approximate surface area is 115 Å². The van der Waals surface area contributed by atoms with Crippen LogP contribution in [-0.4, -0.2) is 50.0 Å². The minimum absolute atomic E-state index is 0.130. The molecule has 1 unspecified atom stereocenters. The molecule has 6 nitrogen and oxygen atoms in total. The second-order valence-electron chi connectivity index (χ2n) is 5.17. The van der Waals surface area contributed by atoms with E-state index in [0.717, 1.165) is 0 Å². The van der Waals surface area contributed by atoms with Crippen LogP contribution in [0.2, 0.25) is 0 Å². The van der Waals surface area contributed by atoms with Gasteiger partial charge in [0.25, 0.3) is 10.0 Å². The van der Waals surface area contributed by atoms with E-state index in [9.17, 15) is 8.42 Å². The van der Waals surface area contributed by atoms with Crippen LogP contribution in [0.5, 0.6) is 0 Å². The molecule has 2 N–H and O–H groups in total. The van der Waals surface area contributed by atoms with E-state index in [1.807, 2.05) is 25.9 Å². The fourth-order valence-electron chi connectivity index (χ4n) is 1.95. The molecule has 1 aromatic rings. The van der Waals surface area contributed by atoms with Crippen molar-refractivity contribution in [2.24, 2.45) is 5.92 Å². The second kappa shape index (κ2) is 6.49. The SMILES string of the molecule is CCc1ncc(S(=O)(=O)NCC(C(C)C)N(C)C)[nH]1. The molecule has 0 aromatic carbocycles. The van der Waals surface area contributed by atoms with Crippen molar-refractivity contribution in [3.8, 4) is 0 Å². The van der Waals surface area contributed by atoms with Crippen molar-refractivity contribution in [2.45, 2.75) is 38.3 Å². The molecule has 0 aliphatic heterocycles. The molecule has 0 aliphatic carbocycles. The van der Waals surface area contributed by atoms with Crippen LogP contribution in [-0.2, 0) is 16.4 Å². The molecule has 19 heavy (non-hydrogen) atoms. The minimum Gasteiger partial charge on any atom is -0.332 e. The number of rotatable bonds is 7. The van der Waals surface area contributed by atoms with Gasteiger partial charge in [0.05, 0.1) is 6.20 Å². The van der Waals surface area contributed by atoms with Gasteiger partial charge in [0.15, 0.2) is 5.03 Å². The summed E-state index contributed by atoms with van der Waals surface area (Å²) < 4.78 is 26.9. The predicted octanol–water partition coefficient (Wildman–Crippen LogP) is 0.837. The summed E-state index contributed by atoms with van der Waals surface area (Å²) in [5, 5.41) is 0.130. The Kier molecular flexibility index (Phi) is 5.51. The van der Waals surface area contributed by atoms with Gasteiger partial charge in [0, 0.05) is 19.0 Å². The molecule has 1 atom stereocenters. The van der Waals surface area contributed by atoms with E-state index in [1.54, 1.807) is 0 Å². The fraction of sp³-hybridized carbons (Fsp3) is 0.750. The van der Waals surface area contributed by atoms with Crippen molar-refractivity contribution in [1.82, 2.24) is 19.6 Å². The van der Waals surface area contributed by atoms with E-state index in [1.165, 1.54) is 6.20 Å². The molecule has 0 saturated carbocycles. The third kappa shape index (κ3) is 4.29. The number of H-pyrrole nitrogens is 1. The molecule has 1 aromatic heterocycles. The van der Waals surface area contributed by atoms with Crippen LogP contribution < -0.4 is 4.72 Å². The average molecular weight is 288 g/mol. The molecule has 1 rings (SSSR count). The molecular weight excluding hydrogens is 264 g/mol. The minimum atomic E-state index is -3.51. The van der Waals surface area contributed by atoms with Crippen LogP contribution in [0.1, 0.15) is 26.6 Å². The lowest BCUT2D eigenvalue weighted by molar-refractivity contribution is 0.233. The van der Waals surface area contributed by atoms with Gasteiger partial charge >= 0.3 is 0 Å². The molecule has 0 saturated heterocycles. The summed E-state index contributed by atoms with van der Waals surface area (Å²) in [5.41, 5.74) is 0. The van der Waals surface area contributed by atoms with E-state index < -0.39 is 10.0 Å². The van der Waals surface area contributed by atoms with Crippen LogP contribution in [0, 0.1) is 5.92 Å². The zero-order chi connectivity index (χ0) is 14.6. The molecule has 0 aliphatic rings. The summed E-state index contributed by atoms with van der Waals surface area (Å²) in [6, 6.07) is 0.156. The average Bonchev–Trinajstić information content (AvgIpc) is 2.77. The van der Waals surface area contributed by atoms with Crippen LogP contribution in [0.15, 0.2) is 11.2 Å². The Morgan fingerprint density at radius 3 is 2.47 bits per heavy atom. The van der Waals surface area contributed by atoms with Gasteiger partial charge in [-0.25, -0.2) is 18.1 Å². The lowest BCUT2D eigenvalue weighted by atomic mass is 10.0. The Balaban J connectivity index is 2.74. The van der Waals surface area contributed by atoms with E-state index in [4.69, 9.17) is 0 Å². The Morgan fingerprint density at radius 2 is 2.05 bits per heavy atom. The van der Waals surface area contributed by atoms with Crippen molar-refractivity contribution in [3.63, 3.8) is 0 Å². The highest BCUT2D eigenvalue weighted by Gasteiger charge is 2.21. The Hall–Kier alpha value is -0.920. The van der Waals surface area contributed by atoms with Gasteiger partial charge in [-0.1, -0.05) is 20.8 Å². The Bertz CT molecular complexity index is 486. The summed E-state index contributed by atoms with van der Waals surface area (Å²) in [7, 11) is 0.391. The van der Waals surface area contributed by atoms with Crippen molar-refractivity contribution in [2.75, 3.05) is 20.6 Å². The zero-order valence-corrected chi connectivity index (χ0v) is 13.1. The van der Waals surface area contributed by atoms with Crippen molar-refractivity contribution in [3.05, 3.63) is 12.0 Å².